The maximum atomic E-state index is 14.2. The Morgan fingerprint density at radius 1 is 0.359 bits per heavy atom. The minimum atomic E-state index is -6.13. The normalized spacial score (nSPS) is 13.3. The molecule has 0 fully saturated rings. The van der Waals surface area contributed by atoms with Crippen molar-refractivity contribution in [2.45, 2.75) is 49.4 Å². The maximum absolute atomic E-state index is 14.2. The van der Waals surface area contributed by atoms with Gasteiger partial charge in [0.15, 0.2) is 12.1 Å². The van der Waals surface area contributed by atoms with Gasteiger partial charge in [-0.1, -0.05) is 94.4 Å². The summed E-state index contributed by atoms with van der Waals surface area (Å²) in [6.45, 7) is 0. The Bertz CT molecular complexity index is 2660. The van der Waals surface area contributed by atoms with Crippen molar-refractivity contribution in [3.8, 4) is 0 Å². The average Bonchev–Trinajstić information content (AvgIpc) is 3.98. The molecule has 2 aromatic heterocycles. The summed E-state index contributed by atoms with van der Waals surface area (Å²) in [7, 11) is 0. The Morgan fingerprint density at radius 2 is 0.551 bits per heavy atom. The Kier molecular flexibility index (Phi) is 18.6. The predicted octanol–water partition coefficient (Wildman–Crippen LogP) is 11.9. The van der Waals surface area contributed by atoms with E-state index in [9.17, 15) is 115 Å². The smallest absolute Gasteiger partial charge is 0.416 e. The van der Waals surface area contributed by atoms with Crippen molar-refractivity contribution in [1.82, 2.24) is 0 Å². The first-order valence-corrected chi connectivity index (χ1v) is 24.9. The van der Waals surface area contributed by atoms with E-state index in [-0.39, 0.29) is 12.1 Å². The molecule has 0 unspecified atom stereocenters. The molecule has 0 aliphatic carbocycles. The first-order chi connectivity index (χ1) is 35.4. The van der Waals surface area contributed by atoms with Gasteiger partial charge in [-0.05, 0) is 36.4 Å². The van der Waals surface area contributed by atoms with Crippen LogP contribution in [0.25, 0.3) is 0 Å². The topological polar surface area (TPSA) is 52.6 Å². The zero-order valence-electron chi connectivity index (χ0n) is 36.9. The minimum Gasteiger partial charge on any atom is -0.445 e. The molecule has 4 nitrogen and oxygen atoms in total. The van der Waals surface area contributed by atoms with Crippen molar-refractivity contribution < 1.29 is 146 Å². The summed E-state index contributed by atoms with van der Waals surface area (Å²) in [6, 6.07) is -1.86. The van der Waals surface area contributed by atoms with E-state index >= 15 is 0 Å². The van der Waals surface area contributed by atoms with Crippen LogP contribution >= 0.6 is 45.9 Å². The number of benzene rings is 4. The number of hydrogen-bond acceptors (Lipinski definition) is 6. The van der Waals surface area contributed by atoms with Gasteiger partial charge in [0.2, 0.25) is 5.77 Å². The molecule has 4 aromatic carbocycles. The largest absolute Gasteiger partial charge is 0.445 e. The number of carbonyl (C=O) groups is 2. The summed E-state index contributed by atoms with van der Waals surface area (Å²) in [5.41, 5.74) is -30.2. The van der Waals surface area contributed by atoms with Gasteiger partial charge < -0.3 is 9.47 Å². The van der Waals surface area contributed by atoms with Crippen LogP contribution in [-0.2, 0) is 58.9 Å². The fraction of sp³-hybridized carbons (Fsp3) is 0.227. The molecule has 0 saturated heterocycles. The Hall–Kier alpha value is -5.09. The molecule has 424 valence electrons. The zero-order valence-corrected chi connectivity index (χ0v) is 42.2. The van der Waals surface area contributed by atoms with Gasteiger partial charge >= 0.3 is 82.6 Å². The quantitative estimate of drug-likeness (QED) is 0.0451. The van der Waals surface area contributed by atoms with Gasteiger partial charge in [-0.2, -0.15) is 127 Å². The molecule has 6 rings (SSSR count). The fourth-order valence-corrected chi connectivity index (χ4v) is 13.6. The van der Waals surface area contributed by atoms with E-state index in [1.165, 1.54) is 22.7 Å². The standard InChI is InChI=1S/C32H12BF24.C12H8Cl2IO4S2/c34-25(35,36)13-1-14(26(37,38)39)6-21(5-13)33(22-7-15(27(40,41)42)2-16(8-22)28(43,44)45,23-9-17(29(46,47)48)3-18(10-23)30(49,50)51)24-11-19(31(52,53)54)4-20(12-24)32(55,56)57;13-5-18-11(16)7-1-3-9(20-7)15-10-4-2-8(21-10)12(17)19-6-14/h1-12H;1-4H,5-6H2/q-1;+1. The molecule has 0 aliphatic heterocycles. The molecule has 0 amide bonds. The fourth-order valence-electron chi connectivity index (χ4n) is 7.35. The summed E-state index contributed by atoms with van der Waals surface area (Å²) in [4.78, 5) is 24.1. The Balaban J connectivity index is 0.000000443. The number of thiophene rings is 2. The summed E-state index contributed by atoms with van der Waals surface area (Å²) in [5, 5.41) is 0. The molecular weight excluding hydrogens is 1320 g/mol. The highest BCUT2D eigenvalue weighted by Gasteiger charge is 2.47. The SMILES string of the molecule is FC(F)(F)c1cc([B-](c2cc(C(F)(F)F)cc(C(F)(F)F)c2)(c2cc(C(F)(F)F)cc(C(F)(F)F)c2)c2cc(C(F)(F)F)cc(C(F)(F)F)c2)cc(C(F)(F)F)c1.O=C(OCCl)c1ccc([I+]c2ccc(C(=O)OCCl)s2)s1. The second-order valence-electron chi connectivity index (χ2n) is 15.6. The van der Waals surface area contributed by atoms with Crippen molar-refractivity contribution in [3.05, 3.63) is 157 Å². The van der Waals surface area contributed by atoms with Gasteiger partial charge in [-0.15, -0.1) is 0 Å². The average molecular weight is 1340 g/mol. The molecule has 34 heteroatoms. The zero-order chi connectivity index (χ0) is 59.2. The lowest BCUT2D eigenvalue weighted by molar-refractivity contribution is -0.585. The summed E-state index contributed by atoms with van der Waals surface area (Å²) < 4.78 is 352. The van der Waals surface area contributed by atoms with Gasteiger partial charge in [0.1, 0.15) is 15.9 Å². The first kappa shape index (κ1) is 63.7. The lowest BCUT2D eigenvalue weighted by atomic mass is 9.12. The molecule has 2 heterocycles. The van der Waals surface area contributed by atoms with Crippen molar-refractivity contribution in [3.63, 3.8) is 0 Å². The molecule has 0 saturated carbocycles. The van der Waals surface area contributed by atoms with E-state index in [0.29, 0.717) is 9.75 Å². The number of halogens is 27. The Morgan fingerprint density at radius 3 is 0.718 bits per heavy atom. The van der Waals surface area contributed by atoms with Crippen LogP contribution < -0.4 is 43.1 Å². The number of ether oxygens (including phenoxy) is 2. The Labute approximate surface area is 448 Å². The van der Waals surface area contributed by atoms with Gasteiger partial charge in [0, 0.05) is 12.1 Å². The molecule has 0 spiro atoms. The number of alkyl halides is 26. The van der Waals surface area contributed by atoms with Crippen molar-refractivity contribution in [2.24, 2.45) is 0 Å². The summed E-state index contributed by atoms with van der Waals surface area (Å²) in [5.74, 6) is -0.828. The van der Waals surface area contributed by atoms with Crippen LogP contribution in [0.1, 0.15) is 63.9 Å². The first-order valence-electron chi connectivity index (χ1n) is 20.1. The van der Waals surface area contributed by atoms with Gasteiger partial charge in [-0.3, -0.25) is 0 Å². The van der Waals surface area contributed by atoms with E-state index < -0.39 is 228 Å². The van der Waals surface area contributed by atoms with E-state index in [1.807, 2.05) is 12.1 Å². The van der Waals surface area contributed by atoms with Crippen molar-refractivity contribution in [1.29, 1.82) is 0 Å². The van der Waals surface area contributed by atoms with Crippen LogP contribution in [0.15, 0.2) is 97.1 Å². The molecule has 6 aromatic rings. The molecular formula is C44H20BCl2F24IO4S2. The minimum absolute atomic E-state index is 0.155. The highest BCUT2D eigenvalue weighted by Crippen LogP contribution is 2.41. The number of carbonyl (C=O) groups excluding carboxylic acids is 2. The molecule has 78 heavy (non-hydrogen) atoms. The van der Waals surface area contributed by atoms with E-state index in [1.54, 1.807) is 12.1 Å². The summed E-state index contributed by atoms with van der Waals surface area (Å²) >= 11 is 13.0. The molecule has 0 aliphatic rings. The van der Waals surface area contributed by atoms with Crippen LogP contribution in [0.4, 0.5) is 105 Å². The van der Waals surface area contributed by atoms with Crippen LogP contribution in [0.3, 0.4) is 0 Å². The molecule has 0 radical (unpaired) electrons. The van der Waals surface area contributed by atoms with Crippen LogP contribution in [0.5, 0.6) is 0 Å². The monoisotopic (exact) mass is 1340 g/mol. The van der Waals surface area contributed by atoms with E-state index in [4.69, 9.17) is 32.7 Å². The van der Waals surface area contributed by atoms with Crippen molar-refractivity contribution >= 4 is 85.8 Å². The second-order valence-corrected chi connectivity index (χ2v) is 22.5. The van der Waals surface area contributed by atoms with Gasteiger partial charge in [0.05, 0.1) is 44.5 Å². The number of esters is 2. The third-order valence-electron chi connectivity index (χ3n) is 10.5. The lowest BCUT2D eigenvalue weighted by Gasteiger charge is -2.46. The van der Waals surface area contributed by atoms with Crippen LogP contribution in [-0.4, -0.2) is 30.2 Å². The van der Waals surface area contributed by atoms with Gasteiger partial charge in [0.25, 0.3) is 0 Å². The third-order valence-corrected chi connectivity index (χ3v) is 16.6. The molecule has 0 N–H and O–H groups in total. The summed E-state index contributed by atoms with van der Waals surface area (Å²) in [6.07, 6.45) is -54.8. The predicted molar refractivity (Wildman–Crippen MR) is 228 cm³/mol. The van der Waals surface area contributed by atoms with E-state index in [2.05, 4.69) is 0 Å². The van der Waals surface area contributed by atoms with Crippen molar-refractivity contribution in [2.75, 3.05) is 12.1 Å². The highest BCUT2D eigenvalue weighted by molar-refractivity contribution is 7.20. The lowest BCUT2D eigenvalue weighted by Crippen LogP contribution is -3.61. The van der Waals surface area contributed by atoms with E-state index in [0.717, 1.165) is 5.77 Å². The second kappa shape index (κ2) is 22.8. The van der Waals surface area contributed by atoms with Gasteiger partial charge in [-0.25, -0.2) is 9.59 Å². The third kappa shape index (κ3) is 15.2. The molecule has 0 atom stereocenters. The maximum Gasteiger partial charge on any atom is 0.416 e. The number of hydrogen-bond donors (Lipinski definition) is 0. The molecule has 0 bridgehead atoms. The number of rotatable bonds is 10. The highest BCUT2D eigenvalue weighted by atomic mass is 127. The van der Waals surface area contributed by atoms with Crippen LogP contribution in [0.2, 0.25) is 0 Å². The van der Waals surface area contributed by atoms with Crippen LogP contribution in [0, 0.1) is 5.77 Å².